The Labute approximate surface area is 88.9 Å². The molecule has 2 atom stereocenters. The molecule has 0 aromatic rings. The Kier molecular flexibility index (Phi) is 4.76. The number of urea groups is 1. The van der Waals surface area contributed by atoms with Crippen molar-refractivity contribution in [3.63, 3.8) is 0 Å². The van der Waals surface area contributed by atoms with Crippen LogP contribution < -0.4 is 21.3 Å². The van der Waals surface area contributed by atoms with E-state index in [1.807, 2.05) is 0 Å². The second-order valence-corrected chi connectivity index (χ2v) is 3.17. The maximum absolute atomic E-state index is 11.1. The maximum Gasteiger partial charge on any atom is 0.316 e. The molecule has 1 aliphatic heterocycles. The number of amides is 2. The SMILES string of the molecule is CNC(=O)NC1NC(OC)CC(OC)N1. The summed E-state index contributed by atoms with van der Waals surface area (Å²) in [6.07, 6.45) is 0.0316. The van der Waals surface area contributed by atoms with Gasteiger partial charge in [0.15, 0.2) is 0 Å². The number of nitrogens with one attached hydrogen (secondary N) is 4. The molecule has 2 amide bonds. The summed E-state index contributed by atoms with van der Waals surface area (Å²) in [7, 11) is 4.76. The van der Waals surface area contributed by atoms with Gasteiger partial charge in [0.05, 0.1) is 0 Å². The molecule has 0 aromatic heterocycles. The minimum atomic E-state index is -0.367. The first-order chi connectivity index (χ1) is 7.19. The molecule has 1 heterocycles. The smallest absolute Gasteiger partial charge is 0.316 e. The number of methoxy groups -OCH3 is 2. The Morgan fingerprint density at radius 3 is 2.20 bits per heavy atom. The predicted molar refractivity (Wildman–Crippen MR) is 53.9 cm³/mol. The first-order valence-electron chi connectivity index (χ1n) is 4.75. The summed E-state index contributed by atoms with van der Waals surface area (Å²) in [6, 6.07) is -0.272. The number of rotatable bonds is 3. The van der Waals surface area contributed by atoms with Crippen LogP contribution in [0.3, 0.4) is 0 Å². The van der Waals surface area contributed by atoms with Crippen molar-refractivity contribution in [3.8, 4) is 0 Å². The van der Waals surface area contributed by atoms with Gasteiger partial charge in [0.2, 0.25) is 0 Å². The monoisotopic (exact) mass is 218 g/mol. The van der Waals surface area contributed by atoms with Gasteiger partial charge in [-0.15, -0.1) is 0 Å². The fraction of sp³-hybridized carbons (Fsp3) is 0.875. The number of hydrogen-bond donors (Lipinski definition) is 4. The molecular weight excluding hydrogens is 200 g/mol. The lowest BCUT2D eigenvalue weighted by Crippen LogP contribution is -2.66. The van der Waals surface area contributed by atoms with Crippen LogP contribution >= 0.6 is 0 Å². The zero-order valence-electron chi connectivity index (χ0n) is 9.16. The average Bonchev–Trinajstić information content (AvgIpc) is 2.28. The third kappa shape index (κ3) is 3.63. The minimum absolute atomic E-state index is 0.140. The Morgan fingerprint density at radius 2 is 1.80 bits per heavy atom. The Bertz CT molecular complexity index is 202. The summed E-state index contributed by atoms with van der Waals surface area (Å²) >= 11 is 0. The lowest BCUT2D eigenvalue weighted by molar-refractivity contribution is -0.0572. The molecule has 4 N–H and O–H groups in total. The van der Waals surface area contributed by atoms with Crippen LogP contribution in [-0.2, 0) is 9.47 Å². The highest BCUT2D eigenvalue weighted by Crippen LogP contribution is 2.06. The molecule has 15 heavy (non-hydrogen) atoms. The standard InChI is InChI=1S/C8H18N4O3/c1-9-8(13)12-7-10-5(14-2)4-6(11-7)15-3/h5-7,10-11H,4H2,1-3H3,(H2,9,12,13). The highest BCUT2D eigenvalue weighted by molar-refractivity contribution is 5.73. The van der Waals surface area contributed by atoms with E-state index in [4.69, 9.17) is 9.47 Å². The zero-order chi connectivity index (χ0) is 11.3. The van der Waals surface area contributed by atoms with Crippen molar-refractivity contribution in [1.82, 2.24) is 21.3 Å². The lowest BCUT2D eigenvalue weighted by Gasteiger charge is -2.36. The van der Waals surface area contributed by atoms with Crippen LogP contribution in [0.2, 0.25) is 0 Å². The van der Waals surface area contributed by atoms with Gasteiger partial charge in [-0.25, -0.2) is 4.79 Å². The number of hydrogen-bond acceptors (Lipinski definition) is 5. The Balaban J connectivity index is 2.46. The molecule has 0 aromatic carbocycles. The van der Waals surface area contributed by atoms with Crippen molar-refractivity contribution in [2.24, 2.45) is 0 Å². The molecule has 0 bridgehead atoms. The molecule has 1 rings (SSSR count). The summed E-state index contributed by atoms with van der Waals surface area (Å²) in [5.74, 6) is 0. The van der Waals surface area contributed by atoms with Gasteiger partial charge in [0, 0.05) is 27.7 Å². The van der Waals surface area contributed by atoms with E-state index < -0.39 is 0 Å². The summed E-state index contributed by atoms with van der Waals surface area (Å²) in [5, 5.41) is 11.2. The van der Waals surface area contributed by atoms with E-state index in [0.717, 1.165) is 0 Å². The molecule has 2 unspecified atom stereocenters. The topological polar surface area (TPSA) is 83.7 Å². The van der Waals surface area contributed by atoms with Crippen LogP contribution in [0, 0.1) is 0 Å². The molecule has 0 spiro atoms. The van der Waals surface area contributed by atoms with Gasteiger partial charge in [-0.3, -0.25) is 10.6 Å². The summed E-state index contributed by atoms with van der Waals surface area (Å²) < 4.78 is 10.3. The molecule has 1 saturated heterocycles. The average molecular weight is 218 g/mol. The molecule has 0 aliphatic carbocycles. The molecule has 7 nitrogen and oxygen atoms in total. The molecule has 1 aliphatic rings. The summed E-state index contributed by atoms with van der Waals surface area (Å²) in [4.78, 5) is 11.1. The number of carbonyl (C=O) groups is 1. The number of carbonyl (C=O) groups excluding carboxylic acids is 1. The van der Waals surface area contributed by atoms with Crippen molar-refractivity contribution >= 4 is 6.03 Å². The van der Waals surface area contributed by atoms with Gasteiger partial charge in [-0.2, -0.15) is 0 Å². The minimum Gasteiger partial charge on any atom is -0.366 e. The molecule has 7 heteroatoms. The summed E-state index contributed by atoms with van der Waals surface area (Å²) in [6.45, 7) is 0. The second kappa shape index (κ2) is 5.86. The maximum atomic E-state index is 11.1. The molecule has 1 fully saturated rings. The quantitative estimate of drug-likeness (QED) is 0.474. The normalized spacial score (nSPS) is 31.0. The highest BCUT2D eigenvalue weighted by atomic mass is 16.5. The van der Waals surface area contributed by atoms with Crippen molar-refractivity contribution in [3.05, 3.63) is 0 Å². The summed E-state index contributed by atoms with van der Waals surface area (Å²) in [5.41, 5.74) is 0. The first kappa shape index (κ1) is 12.2. The van der Waals surface area contributed by atoms with Gasteiger partial charge < -0.3 is 20.1 Å². The lowest BCUT2D eigenvalue weighted by atomic mass is 10.3. The third-order valence-corrected chi connectivity index (χ3v) is 2.20. The van der Waals surface area contributed by atoms with E-state index in [0.29, 0.717) is 6.42 Å². The van der Waals surface area contributed by atoms with Crippen LogP contribution in [0.15, 0.2) is 0 Å². The van der Waals surface area contributed by atoms with E-state index in [1.54, 1.807) is 21.3 Å². The van der Waals surface area contributed by atoms with Gasteiger partial charge >= 0.3 is 6.03 Å². The molecule has 88 valence electrons. The van der Waals surface area contributed by atoms with Crippen molar-refractivity contribution in [2.45, 2.75) is 25.2 Å². The van der Waals surface area contributed by atoms with Gasteiger partial charge in [-0.1, -0.05) is 0 Å². The largest absolute Gasteiger partial charge is 0.366 e. The van der Waals surface area contributed by atoms with E-state index in [-0.39, 0.29) is 24.8 Å². The van der Waals surface area contributed by atoms with Gasteiger partial charge in [-0.05, 0) is 0 Å². The van der Waals surface area contributed by atoms with Crippen LogP contribution in [0.25, 0.3) is 0 Å². The third-order valence-electron chi connectivity index (χ3n) is 2.20. The fourth-order valence-corrected chi connectivity index (χ4v) is 1.37. The van der Waals surface area contributed by atoms with E-state index in [1.165, 1.54) is 0 Å². The Hall–Kier alpha value is -0.890. The van der Waals surface area contributed by atoms with Crippen molar-refractivity contribution in [2.75, 3.05) is 21.3 Å². The van der Waals surface area contributed by atoms with Gasteiger partial charge in [0.1, 0.15) is 18.7 Å². The predicted octanol–water partition coefficient (Wildman–Crippen LogP) is -1.27. The van der Waals surface area contributed by atoms with Crippen LogP contribution in [-0.4, -0.2) is 46.0 Å². The molecule has 0 radical (unpaired) electrons. The highest BCUT2D eigenvalue weighted by Gasteiger charge is 2.27. The van der Waals surface area contributed by atoms with Crippen LogP contribution in [0.5, 0.6) is 0 Å². The number of ether oxygens (including phenoxy) is 2. The van der Waals surface area contributed by atoms with Crippen LogP contribution in [0.1, 0.15) is 6.42 Å². The second-order valence-electron chi connectivity index (χ2n) is 3.17. The molecular formula is C8H18N4O3. The van der Waals surface area contributed by atoms with E-state index in [2.05, 4.69) is 21.3 Å². The van der Waals surface area contributed by atoms with Gasteiger partial charge in [0.25, 0.3) is 0 Å². The van der Waals surface area contributed by atoms with Crippen molar-refractivity contribution in [1.29, 1.82) is 0 Å². The van der Waals surface area contributed by atoms with Crippen LogP contribution in [0.4, 0.5) is 4.79 Å². The van der Waals surface area contributed by atoms with E-state index >= 15 is 0 Å². The zero-order valence-corrected chi connectivity index (χ0v) is 9.16. The first-order valence-corrected chi connectivity index (χ1v) is 4.75. The fourth-order valence-electron chi connectivity index (χ4n) is 1.37. The Morgan fingerprint density at radius 1 is 1.27 bits per heavy atom. The van der Waals surface area contributed by atoms with Crippen molar-refractivity contribution < 1.29 is 14.3 Å². The molecule has 0 saturated carbocycles. The van der Waals surface area contributed by atoms with E-state index in [9.17, 15) is 4.79 Å².